The van der Waals surface area contributed by atoms with Crippen molar-refractivity contribution in [3.05, 3.63) is 88.4 Å². The van der Waals surface area contributed by atoms with E-state index in [1.807, 2.05) is 71.6 Å². The van der Waals surface area contributed by atoms with Crippen LogP contribution in [0.2, 0.25) is 10.0 Å². The first-order valence-corrected chi connectivity index (χ1v) is 10.0. The summed E-state index contributed by atoms with van der Waals surface area (Å²) in [7, 11) is 0. The lowest BCUT2D eigenvalue weighted by molar-refractivity contribution is 0.0747. The van der Waals surface area contributed by atoms with Gasteiger partial charge in [0.15, 0.2) is 0 Å². The molecule has 0 spiro atoms. The van der Waals surface area contributed by atoms with Gasteiger partial charge in [-0.25, -0.2) is 0 Å². The number of hydrogen-bond acceptors (Lipinski definition) is 2. The fourth-order valence-corrected chi connectivity index (χ4v) is 4.11. The zero-order chi connectivity index (χ0) is 19.5. The average molecular weight is 411 g/mol. The van der Waals surface area contributed by atoms with Gasteiger partial charge in [-0.05, 0) is 35.4 Å². The number of carbonyl (C=O) groups excluding carboxylic acids is 1. The van der Waals surface area contributed by atoms with Gasteiger partial charge in [-0.15, -0.1) is 0 Å². The lowest BCUT2D eigenvalue weighted by Gasteiger charge is -2.36. The SMILES string of the molecule is O=C(c1ccccc1-c1ccccc1)N1CCN(c2cc(Cl)cc(Cl)c2)CC1. The molecule has 1 aliphatic heterocycles. The van der Waals surface area contributed by atoms with Crippen molar-refractivity contribution in [1.29, 1.82) is 0 Å². The molecule has 0 aliphatic carbocycles. The Hall–Kier alpha value is -2.49. The lowest BCUT2D eigenvalue weighted by atomic mass is 9.98. The van der Waals surface area contributed by atoms with Crippen LogP contribution in [0.5, 0.6) is 0 Å². The molecular weight excluding hydrogens is 391 g/mol. The van der Waals surface area contributed by atoms with Crippen molar-refractivity contribution in [1.82, 2.24) is 4.90 Å². The van der Waals surface area contributed by atoms with Crippen molar-refractivity contribution < 1.29 is 4.79 Å². The van der Waals surface area contributed by atoms with Crippen LogP contribution in [-0.2, 0) is 0 Å². The zero-order valence-corrected chi connectivity index (χ0v) is 16.8. The number of carbonyl (C=O) groups is 1. The molecule has 0 unspecified atom stereocenters. The molecule has 1 fully saturated rings. The largest absolute Gasteiger partial charge is 0.368 e. The van der Waals surface area contributed by atoms with Crippen LogP contribution in [0.4, 0.5) is 5.69 Å². The van der Waals surface area contributed by atoms with E-state index in [0.717, 1.165) is 35.5 Å². The maximum absolute atomic E-state index is 13.2. The Bertz CT molecular complexity index is 963. The third-order valence-electron chi connectivity index (χ3n) is 5.02. The number of benzene rings is 3. The molecule has 0 atom stereocenters. The van der Waals surface area contributed by atoms with Crippen molar-refractivity contribution in [2.24, 2.45) is 0 Å². The Kier molecular flexibility index (Phi) is 5.56. The topological polar surface area (TPSA) is 23.6 Å². The molecule has 5 heteroatoms. The Balaban J connectivity index is 1.51. The van der Waals surface area contributed by atoms with E-state index in [0.29, 0.717) is 23.1 Å². The first-order valence-electron chi connectivity index (χ1n) is 9.26. The Morgan fingerprint density at radius 1 is 0.750 bits per heavy atom. The van der Waals surface area contributed by atoms with Crippen molar-refractivity contribution in [3.8, 4) is 11.1 Å². The quantitative estimate of drug-likeness (QED) is 0.558. The molecule has 0 N–H and O–H groups in total. The zero-order valence-electron chi connectivity index (χ0n) is 15.3. The highest BCUT2D eigenvalue weighted by molar-refractivity contribution is 6.35. The van der Waals surface area contributed by atoms with Crippen LogP contribution in [0.15, 0.2) is 72.8 Å². The monoisotopic (exact) mass is 410 g/mol. The highest BCUT2D eigenvalue weighted by Gasteiger charge is 2.24. The second kappa shape index (κ2) is 8.26. The van der Waals surface area contributed by atoms with Crippen molar-refractivity contribution in [3.63, 3.8) is 0 Å². The van der Waals surface area contributed by atoms with Gasteiger partial charge < -0.3 is 9.80 Å². The van der Waals surface area contributed by atoms with Gasteiger partial charge in [-0.1, -0.05) is 71.7 Å². The smallest absolute Gasteiger partial charge is 0.254 e. The van der Waals surface area contributed by atoms with E-state index < -0.39 is 0 Å². The minimum Gasteiger partial charge on any atom is -0.368 e. The molecule has 28 heavy (non-hydrogen) atoms. The maximum atomic E-state index is 13.2. The van der Waals surface area contributed by atoms with Gasteiger partial charge in [0.1, 0.15) is 0 Å². The lowest BCUT2D eigenvalue weighted by Crippen LogP contribution is -2.48. The molecule has 4 rings (SSSR count). The van der Waals surface area contributed by atoms with Crippen molar-refractivity contribution >= 4 is 34.8 Å². The van der Waals surface area contributed by atoms with Crippen LogP contribution in [0.3, 0.4) is 0 Å². The normalized spacial score (nSPS) is 14.2. The van der Waals surface area contributed by atoms with Gasteiger partial charge in [-0.3, -0.25) is 4.79 Å². The van der Waals surface area contributed by atoms with E-state index in [4.69, 9.17) is 23.2 Å². The van der Waals surface area contributed by atoms with Gasteiger partial charge >= 0.3 is 0 Å². The average Bonchev–Trinajstić information content (AvgIpc) is 2.73. The molecule has 3 aromatic carbocycles. The fourth-order valence-electron chi connectivity index (χ4n) is 3.60. The summed E-state index contributed by atoms with van der Waals surface area (Å²) in [4.78, 5) is 17.3. The Morgan fingerprint density at radius 2 is 1.36 bits per heavy atom. The van der Waals surface area contributed by atoms with Gasteiger partial charge in [0.05, 0.1) is 0 Å². The molecule has 0 saturated carbocycles. The van der Waals surface area contributed by atoms with Crippen LogP contribution in [-0.4, -0.2) is 37.0 Å². The second-order valence-electron chi connectivity index (χ2n) is 6.82. The predicted molar refractivity (Wildman–Crippen MR) is 116 cm³/mol. The molecule has 1 aliphatic rings. The molecule has 1 amide bonds. The third kappa shape index (κ3) is 4.01. The van der Waals surface area contributed by atoms with Gasteiger partial charge in [-0.2, -0.15) is 0 Å². The number of amides is 1. The van der Waals surface area contributed by atoms with Gasteiger partial charge in [0.2, 0.25) is 0 Å². The van der Waals surface area contributed by atoms with Crippen molar-refractivity contribution in [2.75, 3.05) is 31.1 Å². The van der Waals surface area contributed by atoms with E-state index in [2.05, 4.69) is 4.90 Å². The van der Waals surface area contributed by atoms with E-state index in [1.165, 1.54) is 0 Å². The summed E-state index contributed by atoms with van der Waals surface area (Å²) < 4.78 is 0. The van der Waals surface area contributed by atoms with Crippen LogP contribution in [0.25, 0.3) is 11.1 Å². The summed E-state index contributed by atoms with van der Waals surface area (Å²) in [5.74, 6) is 0.0724. The van der Waals surface area contributed by atoms with E-state index >= 15 is 0 Å². The van der Waals surface area contributed by atoms with E-state index in [1.54, 1.807) is 6.07 Å². The molecule has 3 nitrogen and oxygen atoms in total. The first-order chi connectivity index (χ1) is 13.6. The predicted octanol–water partition coefficient (Wildman–Crippen LogP) is 5.62. The van der Waals surface area contributed by atoms with Gasteiger partial charge in [0.25, 0.3) is 5.91 Å². The summed E-state index contributed by atoms with van der Waals surface area (Å²) >= 11 is 12.3. The maximum Gasteiger partial charge on any atom is 0.254 e. The summed E-state index contributed by atoms with van der Waals surface area (Å²) in [6.07, 6.45) is 0. The minimum atomic E-state index is 0.0724. The number of nitrogens with zero attached hydrogens (tertiary/aromatic N) is 2. The summed E-state index contributed by atoms with van der Waals surface area (Å²) in [6.45, 7) is 2.81. The van der Waals surface area contributed by atoms with Crippen LogP contribution in [0.1, 0.15) is 10.4 Å². The third-order valence-corrected chi connectivity index (χ3v) is 5.46. The molecular formula is C23H20Cl2N2O. The summed E-state index contributed by atoms with van der Waals surface area (Å²) in [5, 5.41) is 1.25. The number of hydrogen-bond donors (Lipinski definition) is 0. The second-order valence-corrected chi connectivity index (χ2v) is 7.69. The number of halogens is 2. The van der Waals surface area contributed by atoms with Crippen LogP contribution >= 0.6 is 23.2 Å². The molecule has 1 saturated heterocycles. The van der Waals surface area contributed by atoms with Crippen molar-refractivity contribution in [2.45, 2.75) is 0 Å². The first kappa shape index (κ1) is 18.9. The van der Waals surface area contributed by atoms with Crippen LogP contribution in [0, 0.1) is 0 Å². The molecule has 0 radical (unpaired) electrons. The highest BCUT2D eigenvalue weighted by Crippen LogP contribution is 2.28. The summed E-state index contributed by atoms with van der Waals surface area (Å²) in [6, 6.07) is 23.4. The number of rotatable bonds is 3. The Morgan fingerprint density at radius 3 is 2.04 bits per heavy atom. The van der Waals surface area contributed by atoms with Crippen LogP contribution < -0.4 is 4.90 Å². The van der Waals surface area contributed by atoms with E-state index in [9.17, 15) is 4.79 Å². The Labute approximate surface area is 175 Å². The standard InChI is InChI=1S/C23H20Cl2N2O/c24-18-14-19(25)16-20(15-18)26-10-12-27(13-11-26)23(28)22-9-5-4-8-21(22)17-6-2-1-3-7-17/h1-9,14-16H,10-13H2. The molecule has 1 heterocycles. The highest BCUT2D eigenvalue weighted by atomic mass is 35.5. The molecule has 142 valence electrons. The van der Waals surface area contributed by atoms with Gasteiger partial charge in [0, 0.05) is 47.5 Å². The molecule has 0 aromatic heterocycles. The fraction of sp³-hybridized carbons (Fsp3) is 0.174. The minimum absolute atomic E-state index is 0.0724. The molecule has 0 bridgehead atoms. The summed E-state index contributed by atoms with van der Waals surface area (Å²) in [5.41, 5.74) is 3.76. The molecule has 3 aromatic rings. The number of anilines is 1. The number of piperazine rings is 1. The van der Waals surface area contributed by atoms with E-state index in [-0.39, 0.29) is 5.91 Å².